The molecule has 1 aromatic rings. The van der Waals surface area contributed by atoms with Crippen molar-refractivity contribution in [1.82, 2.24) is 9.80 Å². The molecule has 1 unspecified atom stereocenters. The number of benzene rings is 1. The van der Waals surface area contributed by atoms with E-state index >= 15 is 0 Å². The van der Waals surface area contributed by atoms with Gasteiger partial charge in [-0.05, 0) is 51.4 Å². The van der Waals surface area contributed by atoms with Crippen LogP contribution in [0.5, 0.6) is 5.75 Å². The zero-order valence-corrected chi connectivity index (χ0v) is 15.8. The number of carboxylic acid groups (broad SMARTS) is 1. The molecule has 25 heavy (non-hydrogen) atoms. The van der Waals surface area contributed by atoms with Crippen LogP contribution < -0.4 is 4.74 Å². The Labute approximate surface area is 151 Å². The highest BCUT2D eigenvalue weighted by Crippen LogP contribution is 2.23. The molecule has 0 spiro atoms. The Morgan fingerprint density at radius 3 is 2.80 bits per heavy atom. The third-order valence-electron chi connectivity index (χ3n) is 4.74. The lowest BCUT2D eigenvalue weighted by atomic mass is 10.1. The van der Waals surface area contributed by atoms with Crippen molar-refractivity contribution in [2.24, 2.45) is 5.92 Å². The molecule has 1 aliphatic heterocycles. The maximum Gasteiger partial charge on any atom is 0.317 e. The van der Waals surface area contributed by atoms with Gasteiger partial charge in [0.05, 0.1) is 13.2 Å². The fraction of sp³-hybridized carbons (Fsp3) is 0.650. The number of likely N-dealkylation sites (tertiary alicyclic amines) is 1. The minimum Gasteiger partial charge on any atom is -0.493 e. The first-order valence-electron chi connectivity index (χ1n) is 9.30. The van der Waals surface area contributed by atoms with Crippen LogP contribution in [0.3, 0.4) is 0 Å². The first kappa shape index (κ1) is 19.7. The summed E-state index contributed by atoms with van der Waals surface area (Å²) >= 11 is 0. The number of ether oxygens (including phenoxy) is 1. The molecule has 140 valence electrons. The normalized spacial score (nSPS) is 19.2. The zero-order valence-electron chi connectivity index (χ0n) is 15.8. The van der Waals surface area contributed by atoms with E-state index < -0.39 is 5.97 Å². The van der Waals surface area contributed by atoms with Crippen molar-refractivity contribution in [3.63, 3.8) is 0 Å². The molecule has 0 radical (unpaired) electrons. The van der Waals surface area contributed by atoms with E-state index in [1.54, 1.807) is 0 Å². The van der Waals surface area contributed by atoms with Gasteiger partial charge in [0.25, 0.3) is 0 Å². The van der Waals surface area contributed by atoms with Gasteiger partial charge in [0.15, 0.2) is 0 Å². The number of aliphatic carboxylic acids is 1. The largest absolute Gasteiger partial charge is 0.493 e. The van der Waals surface area contributed by atoms with E-state index in [2.05, 4.69) is 36.9 Å². The van der Waals surface area contributed by atoms with Crippen LogP contribution >= 0.6 is 0 Å². The molecule has 5 heteroatoms. The molecule has 2 rings (SSSR count). The highest BCUT2D eigenvalue weighted by molar-refractivity contribution is 5.69. The van der Waals surface area contributed by atoms with Crippen molar-refractivity contribution in [1.29, 1.82) is 0 Å². The van der Waals surface area contributed by atoms with Crippen LogP contribution in [0.15, 0.2) is 24.3 Å². The fourth-order valence-electron chi connectivity index (χ4n) is 3.35. The van der Waals surface area contributed by atoms with E-state index in [9.17, 15) is 4.79 Å². The summed E-state index contributed by atoms with van der Waals surface area (Å²) in [5.74, 6) is 0.747. The molecule has 0 aromatic heterocycles. The Morgan fingerprint density at radius 2 is 2.08 bits per heavy atom. The summed E-state index contributed by atoms with van der Waals surface area (Å²) in [5.41, 5.74) is 1.24. The summed E-state index contributed by atoms with van der Waals surface area (Å²) < 4.78 is 5.97. The second-order valence-corrected chi connectivity index (χ2v) is 7.48. The Morgan fingerprint density at radius 1 is 1.32 bits per heavy atom. The van der Waals surface area contributed by atoms with Crippen molar-refractivity contribution in [2.45, 2.75) is 45.7 Å². The number of carbonyl (C=O) groups is 1. The molecular formula is C20H32N2O3. The van der Waals surface area contributed by atoms with Gasteiger partial charge in [0, 0.05) is 18.2 Å². The molecule has 0 amide bonds. The molecule has 1 saturated heterocycles. The van der Waals surface area contributed by atoms with Gasteiger partial charge in [-0.15, -0.1) is 0 Å². The van der Waals surface area contributed by atoms with E-state index in [0.717, 1.165) is 51.3 Å². The average Bonchev–Trinajstić information content (AvgIpc) is 2.79. The highest BCUT2D eigenvalue weighted by Gasteiger charge is 2.22. The van der Waals surface area contributed by atoms with Crippen LogP contribution in [0.2, 0.25) is 0 Å². The van der Waals surface area contributed by atoms with Crippen molar-refractivity contribution in [3.05, 3.63) is 29.8 Å². The number of hydrogen-bond donors (Lipinski definition) is 1. The Balaban J connectivity index is 1.92. The zero-order chi connectivity index (χ0) is 18.2. The van der Waals surface area contributed by atoms with Gasteiger partial charge in [-0.2, -0.15) is 0 Å². The highest BCUT2D eigenvalue weighted by atomic mass is 16.5. The van der Waals surface area contributed by atoms with E-state index in [4.69, 9.17) is 9.84 Å². The monoisotopic (exact) mass is 348 g/mol. The molecule has 1 aliphatic rings. The predicted octanol–water partition coefficient (Wildman–Crippen LogP) is 3.09. The maximum absolute atomic E-state index is 10.9. The van der Waals surface area contributed by atoms with Crippen LogP contribution in [-0.4, -0.2) is 60.2 Å². The van der Waals surface area contributed by atoms with Gasteiger partial charge in [0.2, 0.25) is 0 Å². The number of para-hydroxylation sites is 1. The van der Waals surface area contributed by atoms with Gasteiger partial charge < -0.3 is 9.84 Å². The SMILES string of the molecule is CC(C)COc1ccccc1CN1CCCC(N(C)CC(=O)O)CC1. The van der Waals surface area contributed by atoms with E-state index in [0.29, 0.717) is 12.0 Å². The number of likely N-dealkylation sites (N-methyl/N-ethyl adjacent to an activating group) is 1. The minimum absolute atomic E-state index is 0.122. The van der Waals surface area contributed by atoms with Crippen LogP contribution in [0.25, 0.3) is 0 Å². The van der Waals surface area contributed by atoms with E-state index in [-0.39, 0.29) is 6.54 Å². The van der Waals surface area contributed by atoms with Crippen molar-refractivity contribution in [2.75, 3.05) is 33.3 Å². The lowest BCUT2D eigenvalue weighted by molar-refractivity contribution is -0.138. The van der Waals surface area contributed by atoms with Gasteiger partial charge in [0.1, 0.15) is 5.75 Å². The number of nitrogens with zero attached hydrogens (tertiary/aromatic N) is 2. The van der Waals surface area contributed by atoms with E-state index in [1.807, 2.05) is 18.0 Å². The Hall–Kier alpha value is -1.59. The number of hydrogen-bond acceptors (Lipinski definition) is 4. The topological polar surface area (TPSA) is 53.0 Å². The molecule has 1 fully saturated rings. The second-order valence-electron chi connectivity index (χ2n) is 7.48. The van der Waals surface area contributed by atoms with Crippen molar-refractivity contribution in [3.8, 4) is 5.75 Å². The fourth-order valence-corrected chi connectivity index (χ4v) is 3.35. The van der Waals surface area contributed by atoms with Gasteiger partial charge >= 0.3 is 5.97 Å². The average molecular weight is 348 g/mol. The number of carboxylic acids is 1. The molecule has 1 heterocycles. The van der Waals surface area contributed by atoms with E-state index in [1.165, 1.54) is 5.56 Å². The minimum atomic E-state index is -0.750. The molecule has 1 atom stereocenters. The summed E-state index contributed by atoms with van der Waals surface area (Å²) in [7, 11) is 1.92. The van der Waals surface area contributed by atoms with Crippen molar-refractivity contribution < 1.29 is 14.6 Å². The molecule has 0 saturated carbocycles. The van der Waals surface area contributed by atoms with Crippen LogP contribution in [0.4, 0.5) is 0 Å². The molecule has 0 aliphatic carbocycles. The van der Waals surface area contributed by atoms with Crippen LogP contribution in [0, 0.1) is 5.92 Å². The van der Waals surface area contributed by atoms with Gasteiger partial charge in [-0.3, -0.25) is 14.6 Å². The first-order valence-corrected chi connectivity index (χ1v) is 9.30. The van der Waals surface area contributed by atoms with Crippen molar-refractivity contribution >= 4 is 5.97 Å². The molecule has 1 aromatic carbocycles. The van der Waals surface area contributed by atoms with Gasteiger partial charge in [-0.1, -0.05) is 32.0 Å². The second kappa shape index (κ2) is 9.78. The Bertz CT molecular complexity index is 547. The summed E-state index contributed by atoms with van der Waals surface area (Å²) in [6, 6.07) is 8.65. The van der Waals surface area contributed by atoms with Gasteiger partial charge in [-0.25, -0.2) is 0 Å². The predicted molar refractivity (Wildman–Crippen MR) is 100.0 cm³/mol. The summed E-state index contributed by atoms with van der Waals surface area (Å²) in [6.45, 7) is 8.11. The quantitative estimate of drug-likeness (QED) is 0.782. The lowest BCUT2D eigenvalue weighted by Gasteiger charge is -2.26. The molecule has 0 bridgehead atoms. The van der Waals surface area contributed by atoms with Crippen LogP contribution in [-0.2, 0) is 11.3 Å². The summed E-state index contributed by atoms with van der Waals surface area (Å²) in [5, 5.41) is 8.99. The molecule has 5 nitrogen and oxygen atoms in total. The summed E-state index contributed by atoms with van der Waals surface area (Å²) in [4.78, 5) is 15.4. The number of rotatable bonds is 8. The molecule has 1 N–H and O–H groups in total. The lowest BCUT2D eigenvalue weighted by Crippen LogP contribution is -2.36. The first-order chi connectivity index (χ1) is 12.0. The van der Waals surface area contributed by atoms with Crippen LogP contribution in [0.1, 0.15) is 38.7 Å². The maximum atomic E-state index is 10.9. The third kappa shape index (κ3) is 6.67. The molecular weight excluding hydrogens is 316 g/mol. The standard InChI is InChI=1S/C20H32N2O3/c1-16(2)15-25-19-9-5-4-7-17(19)13-22-11-6-8-18(10-12-22)21(3)14-20(23)24/h4-5,7,9,16,18H,6,8,10-15H2,1-3H3,(H,23,24). The Kier molecular flexibility index (Phi) is 7.72. The smallest absolute Gasteiger partial charge is 0.317 e. The summed E-state index contributed by atoms with van der Waals surface area (Å²) in [6.07, 6.45) is 3.17. The third-order valence-corrected chi connectivity index (χ3v) is 4.74.